The van der Waals surface area contributed by atoms with Crippen LogP contribution in [0.5, 0.6) is 0 Å². The summed E-state index contributed by atoms with van der Waals surface area (Å²) in [6, 6.07) is 0. The molecular weight excluding hydrogens is 230 g/mol. The van der Waals surface area contributed by atoms with Crippen molar-refractivity contribution in [3.05, 3.63) is 0 Å². The number of carbonyl (C=O) groups is 1. The van der Waals surface area contributed by atoms with Crippen LogP contribution in [-0.2, 0) is 4.79 Å². The van der Waals surface area contributed by atoms with E-state index in [0.29, 0.717) is 6.54 Å². The highest BCUT2D eigenvalue weighted by atomic mass is 16.3. The molecule has 0 unspecified atom stereocenters. The molecule has 2 fully saturated rings. The highest BCUT2D eigenvalue weighted by Gasteiger charge is 2.20. The Labute approximate surface area is 109 Å². The third-order valence-corrected chi connectivity index (χ3v) is 4.06. The zero-order chi connectivity index (χ0) is 12.8. The van der Waals surface area contributed by atoms with Crippen molar-refractivity contribution >= 4 is 5.91 Å². The van der Waals surface area contributed by atoms with Crippen LogP contribution in [0, 0.1) is 5.92 Å². The van der Waals surface area contributed by atoms with E-state index in [1.54, 1.807) is 0 Å². The fourth-order valence-electron chi connectivity index (χ4n) is 2.53. The Kier molecular flexibility index (Phi) is 5.41. The first-order valence-electron chi connectivity index (χ1n) is 7.10. The number of nitrogens with zero attached hydrogens (tertiary/aromatic N) is 2. The molecule has 1 aliphatic carbocycles. The first-order chi connectivity index (χ1) is 8.78. The van der Waals surface area contributed by atoms with E-state index in [0.717, 1.165) is 45.2 Å². The Morgan fingerprint density at radius 2 is 1.83 bits per heavy atom. The van der Waals surface area contributed by atoms with Gasteiger partial charge in [0.15, 0.2) is 0 Å². The molecule has 0 aromatic carbocycles. The molecule has 0 aromatic heterocycles. The number of hydrogen-bond acceptors (Lipinski definition) is 4. The minimum atomic E-state index is 0.164. The third-order valence-electron chi connectivity index (χ3n) is 4.06. The van der Waals surface area contributed by atoms with Crippen molar-refractivity contribution in [3.63, 3.8) is 0 Å². The SMILES string of the molecule is O=C(CN1CCN(CCO)CC1)NCC1CCC1. The number of amides is 1. The van der Waals surface area contributed by atoms with Gasteiger partial charge in [-0.15, -0.1) is 0 Å². The number of hydrogen-bond donors (Lipinski definition) is 2. The largest absolute Gasteiger partial charge is 0.395 e. The van der Waals surface area contributed by atoms with E-state index in [2.05, 4.69) is 15.1 Å². The number of nitrogens with one attached hydrogen (secondary N) is 1. The lowest BCUT2D eigenvalue weighted by Crippen LogP contribution is -2.50. The van der Waals surface area contributed by atoms with E-state index in [4.69, 9.17) is 5.11 Å². The lowest BCUT2D eigenvalue weighted by atomic mass is 9.85. The first-order valence-corrected chi connectivity index (χ1v) is 7.10. The van der Waals surface area contributed by atoms with Gasteiger partial charge in [-0.05, 0) is 18.8 Å². The standard InChI is InChI=1S/C13H25N3O2/c17-9-8-15-4-6-16(7-5-15)11-13(18)14-10-12-2-1-3-12/h12,17H,1-11H2,(H,14,18). The Hall–Kier alpha value is -0.650. The Balaban J connectivity index is 1.57. The predicted molar refractivity (Wildman–Crippen MR) is 70.3 cm³/mol. The summed E-state index contributed by atoms with van der Waals surface area (Å²) < 4.78 is 0. The van der Waals surface area contributed by atoms with Crippen molar-refractivity contribution in [2.75, 3.05) is 52.4 Å². The average Bonchev–Trinajstić information content (AvgIpc) is 2.30. The molecule has 1 heterocycles. The van der Waals surface area contributed by atoms with Gasteiger partial charge in [0.25, 0.3) is 0 Å². The van der Waals surface area contributed by atoms with Crippen molar-refractivity contribution < 1.29 is 9.90 Å². The molecule has 5 nitrogen and oxygen atoms in total. The van der Waals surface area contributed by atoms with Gasteiger partial charge in [-0.3, -0.25) is 14.6 Å². The lowest BCUT2D eigenvalue weighted by molar-refractivity contribution is -0.123. The number of carbonyl (C=O) groups excluding carboxylic acids is 1. The Morgan fingerprint density at radius 3 is 2.39 bits per heavy atom. The highest BCUT2D eigenvalue weighted by molar-refractivity contribution is 5.78. The van der Waals surface area contributed by atoms with E-state index in [1.807, 2.05) is 0 Å². The summed E-state index contributed by atoms with van der Waals surface area (Å²) in [4.78, 5) is 16.2. The normalized spacial score (nSPS) is 22.7. The number of β-amino-alcohol motifs (C(OH)–C–C–N with tert-alkyl or cyclic N) is 1. The molecule has 1 aliphatic heterocycles. The molecule has 2 rings (SSSR count). The predicted octanol–water partition coefficient (Wildman–Crippen LogP) is -0.487. The van der Waals surface area contributed by atoms with E-state index in [9.17, 15) is 4.79 Å². The summed E-state index contributed by atoms with van der Waals surface area (Å²) in [5, 5.41) is 11.9. The van der Waals surface area contributed by atoms with E-state index >= 15 is 0 Å². The lowest BCUT2D eigenvalue weighted by Gasteiger charge is -2.34. The van der Waals surface area contributed by atoms with Crippen molar-refractivity contribution in [2.24, 2.45) is 5.92 Å². The molecule has 0 spiro atoms. The molecule has 104 valence electrons. The maximum Gasteiger partial charge on any atom is 0.234 e. The quantitative estimate of drug-likeness (QED) is 0.673. The number of piperazine rings is 1. The number of aliphatic hydroxyl groups is 1. The molecule has 1 amide bonds. The third kappa shape index (κ3) is 4.23. The first kappa shape index (κ1) is 13.8. The summed E-state index contributed by atoms with van der Waals surface area (Å²) in [5.74, 6) is 0.896. The summed E-state index contributed by atoms with van der Waals surface area (Å²) in [6.45, 7) is 6.13. The van der Waals surface area contributed by atoms with Crippen LogP contribution in [0.15, 0.2) is 0 Å². The van der Waals surface area contributed by atoms with Gasteiger partial charge in [0.05, 0.1) is 13.2 Å². The monoisotopic (exact) mass is 255 g/mol. The van der Waals surface area contributed by atoms with E-state index < -0.39 is 0 Å². The fourth-order valence-corrected chi connectivity index (χ4v) is 2.53. The van der Waals surface area contributed by atoms with Crippen LogP contribution >= 0.6 is 0 Å². The van der Waals surface area contributed by atoms with Gasteiger partial charge in [0.1, 0.15) is 0 Å². The second kappa shape index (κ2) is 7.07. The van der Waals surface area contributed by atoms with Gasteiger partial charge < -0.3 is 10.4 Å². The average molecular weight is 255 g/mol. The van der Waals surface area contributed by atoms with E-state index in [-0.39, 0.29) is 12.5 Å². The van der Waals surface area contributed by atoms with Gasteiger partial charge in [0.2, 0.25) is 5.91 Å². The maximum atomic E-state index is 11.8. The van der Waals surface area contributed by atoms with Gasteiger partial charge in [-0.25, -0.2) is 0 Å². The molecule has 18 heavy (non-hydrogen) atoms. The second-order valence-electron chi connectivity index (χ2n) is 5.44. The summed E-state index contributed by atoms with van der Waals surface area (Å²) >= 11 is 0. The van der Waals surface area contributed by atoms with Crippen LogP contribution in [0.4, 0.5) is 0 Å². The van der Waals surface area contributed by atoms with Gasteiger partial charge in [-0.1, -0.05) is 6.42 Å². The zero-order valence-electron chi connectivity index (χ0n) is 11.1. The zero-order valence-corrected chi connectivity index (χ0v) is 11.1. The molecule has 0 bridgehead atoms. The molecule has 1 saturated carbocycles. The van der Waals surface area contributed by atoms with Crippen molar-refractivity contribution in [1.82, 2.24) is 15.1 Å². The molecule has 1 saturated heterocycles. The number of rotatable bonds is 6. The summed E-state index contributed by atoms with van der Waals surface area (Å²) in [5.41, 5.74) is 0. The molecule has 0 atom stereocenters. The van der Waals surface area contributed by atoms with Crippen LogP contribution in [0.2, 0.25) is 0 Å². The Morgan fingerprint density at radius 1 is 1.17 bits per heavy atom. The van der Waals surface area contributed by atoms with Gasteiger partial charge in [0, 0.05) is 39.3 Å². The van der Waals surface area contributed by atoms with E-state index in [1.165, 1.54) is 19.3 Å². The van der Waals surface area contributed by atoms with Crippen LogP contribution in [0.25, 0.3) is 0 Å². The van der Waals surface area contributed by atoms with Gasteiger partial charge in [-0.2, -0.15) is 0 Å². The van der Waals surface area contributed by atoms with Crippen molar-refractivity contribution in [3.8, 4) is 0 Å². The maximum absolute atomic E-state index is 11.8. The van der Waals surface area contributed by atoms with Crippen molar-refractivity contribution in [2.45, 2.75) is 19.3 Å². The minimum Gasteiger partial charge on any atom is -0.395 e. The molecule has 2 N–H and O–H groups in total. The van der Waals surface area contributed by atoms with Crippen LogP contribution < -0.4 is 5.32 Å². The smallest absolute Gasteiger partial charge is 0.234 e. The van der Waals surface area contributed by atoms with Crippen molar-refractivity contribution in [1.29, 1.82) is 0 Å². The molecule has 0 aromatic rings. The Bertz CT molecular complexity index is 261. The topological polar surface area (TPSA) is 55.8 Å². The van der Waals surface area contributed by atoms with Crippen LogP contribution in [0.3, 0.4) is 0 Å². The molecule has 0 radical (unpaired) electrons. The number of aliphatic hydroxyl groups excluding tert-OH is 1. The summed E-state index contributed by atoms with van der Waals surface area (Å²) in [7, 11) is 0. The second-order valence-corrected chi connectivity index (χ2v) is 5.44. The fraction of sp³-hybridized carbons (Fsp3) is 0.923. The molecule has 2 aliphatic rings. The van der Waals surface area contributed by atoms with Crippen LogP contribution in [0.1, 0.15) is 19.3 Å². The summed E-state index contributed by atoms with van der Waals surface area (Å²) in [6.07, 6.45) is 3.88. The van der Waals surface area contributed by atoms with Gasteiger partial charge >= 0.3 is 0 Å². The minimum absolute atomic E-state index is 0.164. The molecular formula is C13H25N3O2. The van der Waals surface area contributed by atoms with Crippen LogP contribution in [-0.4, -0.2) is 73.2 Å². The molecule has 5 heteroatoms. The highest BCUT2D eigenvalue weighted by Crippen LogP contribution is 2.25.